The second kappa shape index (κ2) is 3.61. The molecule has 0 heterocycles. The monoisotopic (exact) mass is 102 g/mol. The summed E-state index contributed by atoms with van der Waals surface area (Å²) in [4.78, 5) is 9.90. The Bertz CT molecular complexity index is 62.7. The Hall–Kier alpha value is -0.570. The Morgan fingerprint density at radius 3 is 2.57 bits per heavy atom. The zero-order chi connectivity index (χ0) is 5.70. The molecule has 0 saturated heterocycles. The Labute approximate surface area is 42.4 Å². The van der Waals surface area contributed by atoms with Crippen LogP contribution >= 0.6 is 0 Å². The Kier molecular flexibility index (Phi) is 3.32. The summed E-state index contributed by atoms with van der Waals surface area (Å²) in [5, 5.41) is 0. The maximum atomic E-state index is 9.90. The fraction of sp³-hybridized carbons (Fsp3) is 0.750. The van der Waals surface area contributed by atoms with Gasteiger partial charge in [-0.3, -0.25) is 10.5 Å². The van der Waals surface area contributed by atoms with Crippen LogP contribution in [0, 0.1) is 0 Å². The predicted octanol–water partition coefficient (Wildman–Crippen LogP) is -0.168. The van der Waals surface area contributed by atoms with E-state index >= 15 is 0 Å². The summed E-state index contributed by atoms with van der Waals surface area (Å²) in [5.41, 5.74) is 6.52. The summed E-state index contributed by atoms with van der Waals surface area (Å²) in [6.07, 6.45) is 0. The van der Waals surface area contributed by atoms with E-state index in [1.807, 2.05) is 0 Å². The molecular weight excluding hydrogens is 94.0 g/mol. The van der Waals surface area contributed by atoms with Gasteiger partial charge in [-0.05, 0) is 0 Å². The number of esters is 1. The van der Waals surface area contributed by atoms with E-state index in [-0.39, 0.29) is 19.1 Å². The van der Waals surface area contributed by atoms with Crippen LogP contribution in [0.2, 0.25) is 0 Å². The summed E-state index contributed by atoms with van der Waals surface area (Å²) in [6.45, 7) is 1.70. The summed E-state index contributed by atoms with van der Waals surface area (Å²) in [7, 11) is 0. The molecular formula is C4H8NO2. The minimum atomic E-state index is -0.313. The molecule has 3 nitrogen and oxygen atoms in total. The van der Waals surface area contributed by atoms with Crippen LogP contribution in [0.3, 0.4) is 0 Å². The topological polar surface area (TPSA) is 50.1 Å². The predicted molar refractivity (Wildman–Crippen MR) is 24.6 cm³/mol. The fourth-order valence-corrected chi connectivity index (χ4v) is 0.195. The van der Waals surface area contributed by atoms with Crippen molar-refractivity contribution in [3.8, 4) is 0 Å². The normalized spacial score (nSPS) is 8.29. The smallest absolute Gasteiger partial charge is 0.302 e. The van der Waals surface area contributed by atoms with E-state index in [1.54, 1.807) is 0 Å². The molecule has 1 N–H and O–H groups in total. The van der Waals surface area contributed by atoms with Gasteiger partial charge in [0.05, 0.1) is 0 Å². The van der Waals surface area contributed by atoms with Crippen LogP contribution in [-0.2, 0) is 9.53 Å². The van der Waals surface area contributed by atoms with Gasteiger partial charge in [0.1, 0.15) is 6.61 Å². The molecule has 0 spiro atoms. The van der Waals surface area contributed by atoms with Crippen LogP contribution in [0.1, 0.15) is 6.92 Å². The largest absolute Gasteiger partial charge is 0.464 e. The van der Waals surface area contributed by atoms with Gasteiger partial charge in [0.15, 0.2) is 0 Å². The van der Waals surface area contributed by atoms with Crippen molar-refractivity contribution >= 4 is 5.97 Å². The van der Waals surface area contributed by atoms with Crippen molar-refractivity contribution in [1.29, 1.82) is 0 Å². The summed E-state index contributed by atoms with van der Waals surface area (Å²) in [6, 6.07) is 0. The Morgan fingerprint density at radius 1 is 1.86 bits per heavy atom. The number of hydrogen-bond donors (Lipinski definition) is 0. The maximum absolute atomic E-state index is 9.90. The van der Waals surface area contributed by atoms with E-state index in [1.165, 1.54) is 6.92 Å². The highest BCUT2D eigenvalue weighted by Gasteiger charge is 1.85. The average molecular weight is 102 g/mol. The highest BCUT2D eigenvalue weighted by molar-refractivity contribution is 5.65. The van der Waals surface area contributed by atoms with Gasteiger partial charge in [0, 0.05) is 13.5 Å². The number of carbonyl (C=O) groups excluding carboxylic acids is 1. The molecule has 0 atom stereocenters. The molecule has 0 aliphatic heterocycles. The molecule has 41 valence electrons. The van der Waals surface area contributed by atoms with Crippen LogP contribution in [0.4, 0.5) is 0 Å². The lowest BCUT2D eigenvalue weighted by molar-refractivity contribution is -0.140. The zero-order valence-corrected chi connectivity index (χ0v) is 4.23. The van der Waals surface area contributed by atoms with Crippen LogP contribution in [0.15, 0.2) is 0 Å². The Balaban J connectivity index is 2.82. The van der Waals surface area contributed by atoms with Gasteiger partial charge in [0.25, 0.3) is 0 Å². The van der Waals surface area contributed by atoms with Crippen molar-refractivity contribution in [2.24, 2.45) is 0 Å². The molecule has 0 aromatic rings. The minimum absolute atomic E-state index is 0.152. The number of carbonyl (C=O) groups is 1. The van der Waals surface area contributed by atoms with Crippen molar-refractivity contribution in [2.75, 3.05) is 13.2 Å². The van der Waals surface area contributed by atoms with E-state index < -0.39 is 0 Å². The van der Waals surface area contributed by atoms with E-state index in [0.717, 1.165) is 0 Å². The number of rotatable bonds is 2. The zero-order valence-electron chi connectivity index (χ0n) is 4.23. The first-order chi connectivity index (χ1) is 3.27. The van der Waals surface area contributed by atoms with Gasteiger partial charge in [-0.15, -0.1) is 0 Å². The lowest BCUT2D eigenvalue weighted by Crippen LogP contribution is -2.04. The van der Waals surface area contributed by atoms with Gasteiger partial charge in [-0.25, -0.2) is 0 Å². The van der Waals surface area contributed by atoms with Crippen LogP contribution in [0.25, 0.3) is 0 Å². The molecule has 0 unspecified atom stereocenters. The van der Waals surface area contributed by atoms with Crippen molar-refractivity contribution in [3.63, 3.8) is 0 Å². The maximum Gasteiger partial charge on any atom is 0.302 e. The van der Waals surface area contributed by atoms with E-state index in [0.29, 0.717) is 0 Å². The molecule has 7 heavy (non-hydrogen) atoms. The molecule has 0 bridgehead atoms. The number of nitrogens with one attached hydrogen (secondary N) is 1. The molecule has 0 aliphatic carbocycles. The first-order valence-corrected chi connectivity index (χ1v) is 2.05. The highest BCUT2D eigenvalue weighted by atomic mass is 16.5. The lowest BCUT2D eigenvalue weighted by atomic mass is 10.7. The fourth-order valence-electron chi connectivity index (χ4n) is 0.195. The molecule has 0 amide bonds. The number of ether oxygens (including phenoxy) is 1. The van der Waals surface area contributed by atoms with E-state index in [9.17, 15) is 4.79 Å². The summed E-state index contributed by atoms with van der Waals surface area (Å²) in [5.74, 6) is -0.313. The van der Waals surface area contributed by atoms with Gasteiger partial charge < -0.3 is 4.74 Å². The Morgan fingerprint density at radius 2 is 2.43 bits per heavy atom. The first kappa shape index (κ1) is 6.43. The number of hydrogen-bond acceptors (Lipinski definition) is 2. The third-order valence-electron chi connectivity index (χ3n) is 0.407. The second-order valence-corrected chi connectivity index (χ2v) is 1.09. The van der Waals surface area contributed by atoms with Gasteiger partial charge in [-0.2, -0.15) is 0 Å². The van der Waals surface area contributed by atoms with Crippen molar-refractivity contribution in [3.05, 3.63) is 0 Å². The molecule has 0 aromatic carbocycles. The van der Waals surface area contributed by atoms with Crippen molar-refractivity contribution < 1.29 is 9.53 Å². The minimum Gasteiger partial charge on any atom is -0.464 e. The molecule has 1 radical (unpaired) electrons. The first-order valence-electron chi connectivity index (χ1n) is 2.05. The van der Waals surface area contributed by atoms with Gasteiger partial charge in [0.2, 0.25) is 0 Å². The molecule has 3 heteroatoms. The SMILES string of the molecule is CC(=O)OCC[NH]. The molecule has 0 fully saturated rings. The van der Waals surface area contributed by atoms with Crippen LogP contribution in [-0.4, -0.2) is 19.1 Å². The van der Waals surface area contributed by atoms with Gasteiger partial charge >= 0.3 is 5.97 Å². The van der Waals surface area contributed by atoms with E-state index in [2.05, 4.69) is 4.74 Å². The lowest BCUT2D eigenvalue weighted by Gasteiger charge is -1.93. The average Bonchev–Trinajstić information content (AvgIpc) is 1.61. The second-order valence-electron chi connectivity index (χ2n) is 1.09. The molecule has 0 rings (SSSR count). The van der Waals surface area contributed by atoms with Crippen LogP contribution in [0.5, 0.6) is 0 Å². The summed E-state index contributed by atoms with van der Waals surface area (Å²) < 4.78 is 4.36. The molecule has 0 aromatic heterocycles. The molecule has 0 saturated carbocycles. The van der Waals surface area contributed by atoms with Crippen LogP contribution < -0.4 is 5.73 Å². The van der Waals surface area contributed by atoms with Gasteiger partial charge in [-0.1, -0.05) is 0 Å². The van der Waals surface area contributed by atoms with Crippen molar-refractivity contribution in [1.82, 2.24) is 5.73 Å². The standard InChI is InChI=1S/C4H8NO2/c1-4(6)7-3-2-5/h5H,2-3H2,1H3. The third kappa shape index (κ3) is 5.43. The third-order valence-corrected chi connectivity index (χ3v) is 0.407. The summed E-state index contributed by atoms with van der Waals surface area (Å²) >= 11 is 0. The van der Waals surface area contributed by atoms with Crippen molar-refractivity contribution in [2.45, 2.75) is 6.92 Å². The van der Waals surface area contributed by atoms with E-state index in [4.69, 9.17) is 5.73 Å². The quantitative estimate of drug-likeness (QED) is 0.454. The molecule has 0 aliphatic rings. The highest BCUT2D eigenvalue weighted by Crippen LogP contribution is 1.70.